The van der Waals surface area contributed by atoms with Crippen molar-refractivity contribution in [2.45, 2.75) is 31.9 Å². The van der Waals surface area contributed by atoms with Crippen LogP contribution in [0, 0.1) is 11.8 Å². The van der Waals surface area contributed by atoms with Crippen molar-refractivity contribution in [2.24, 2.45) is 22.0 Å². The number of carboxylic acids is 1. The lowest BCUT2D eigenvalue weighted by Crippen LogP contribution is -2.40. The van der Waals surface area contributed by atoms with Gasteiger partial charge in [0, 0.05) is 19.6 Å². The Morgan fingerprint density at radius 3 is 2.67 bits per heavy atom. The van der Waals surface area contributed by atoms with Crippen LogP contribution < -0.4 is 10.1 Å². The Kier molecular flexibility index (Phi) is 7.87. The molecule has 3 atom stereocenters. The summed E-state index contributed by atoms with van der Waals surface area (Å²) in [6.07, 6.45) is 2.64. The van der Waals surface area contributed by atoms with Gasteiger partial charge in [0.25, 0.3) is 0 Å². The average Bonchev–Trinajstić information content (AvgIpc) is 3.01. The van der Waals surface area contributed by atoms with Crippen LogP contribution in [0.4, 0.5) is 0 Å². The fraction of sp³-hybridized carbons (Fsp3) is 0.524. The maximum Gasteiger partial charge on any atom is 0.305 e. The molecule has 1 amide bonds. The summed E-state index contributed by atoms with van der Waals surface area (Å²) in [7, 11) is 0. The van der Waals surface area contributed by atoms with E-state index in [0.29, 0.717) is 11.8 Å². The molecule has 0 aliphatic carbocycles. The van der Waals surface area contributed by atoms with Gasteiger partial charge in [0.1, 0.15) is 17.6 Å². The molecule has 8 nitrogen and oxygen atoms in total. The zero-order chi connectivity index (χ0) is 21.5. The van der Waals surface area contributed by atoms with Gasteiger partial charge in [-0.05, 0) is 48.1 Å². The van der Waals surface area contributed by atoms with Crippen LogP contribution in [0.1, 0.15) is 32.3 Å². The molecular weight excluding hydrogens is 404 g/mol. The van der Waals surface area contributed by atoms with E-state index in [9.17, 15) is 9.59 Å². The molecular formula is C21H28N4O4S. The highest BCUT2D eigenvalue weighted by molar-refractivity contribution is 8.15. The molecule has 0 saturated carbocycles. The summed E-state index contributed by atoms with van der Waals surface area (Å²) in [5.74, 6) is 0.928. The Morgan fingerprint density at radius 2 is 2.00 bits per heavy atom. The minimum absolute atomic E-state index is 0.240. The summed E-state index contributed by atoms with van der Waals surface area (Å²) < 4.78 is 5.86. The van der Waals surface area contributed by atoms with Crippen molar-refractivity contribution in [1.29, 1.82) is 0 Å². The number of carbonyl (C=O) groups is 2. The molecule has 162 valence electrons. The molecule has 2 heterocycles. The summed E-state index contributed by atoms with van der Waals surface area (Å²) in [5.41, 5.74) is 0.849. The molecule has 0 bridgehead atoms. The predicted molar refractivity (Wildman–Crippen MR) is 118 cm³/mol. The van der Waals surface area contributed by atoms with Crippen LogP contribution in [0.25, 0.3) is 0 Å². The first-order valence-electron chi connectivity index (χ1n) is 10.1. The van der Waals surface area contributed by atoms with Crippen LogP contribution in [0.5, 0.6) is 5.75 Å². The number of carbonyl (C=O) groups excluding carboxylic acids is 1. The molecule has 3 rings (SSSR count). The lowest BCUT2D eigenvalue weighted by molar-refractivity contribution is -0.138. The molecule has 9 heteroatoms. The van der Waals surface area contributed by atoms with Crippen LogP contribution >= 0.6 is 11.8 Å². The van der Waals surface area contributed by atoms with Gasteiger partial charge in [0.05, 0.1) is 12.6 Å². The first-order valence-corrected chi connectivity index (χ1v) is 11.0. The minimum atomic E-state index is -1.02. The Bertz CT molecular complexity index is 802. The first kappa shape index (κ1) is 22.3. The maximum atomic E-state index is 11.7. The highest BCUT2D eigenvalue weighted by Crippen LogP contribution is 2.22. The van der Waals surface area contributed by atoms with Gasteiger partial charge in [-0.2, -0.15) is 5.10 Å². The van der Waals surface area contributed by atoms with E-state index < -0.39 is 11.2 Å². The molecule has 1 aromatic rings. The number of thioether (sulfide) groups is 1. The minimum Gasteiger partial charge on any atom is -0.492 e. The summed E-state index contributed by atoms with van der Waals surface area (Å²) in [6.45, 7) is 8.49. The molecule has 0 aromatic heterocycles. The zero-order valence-electron chi connectivity index (χ0n) is 17.3. The van der Waals surface area contributed by atoms with E-state index in [0.717, 1.165) is 54.5 Å². The molecule has 3 unspecified atom stereocenters. The van der Waals surface area contributed by atoms with Gasteiger partial charge >= 0.3 is 5.97 Å². The molecule has 2 N–H and O–H groups in total. The molecule has 2 aliphatic heterocycles. The number of piperidine rings is 1. The Balaban J connectivity index is 1.43. The van der Waals surface area contributed by atoms with Gasteiger partial charge in [-0.15, -0.1) is 5.10 Å². The van der Waals surface area contributed by atoms with Crippen LogP contribution in [0.15, 0.2) is 34.5 Å². The van der Waals surface area contributed by atoms with E-state index in [-0.39, 0.29) is 12.3 Å². The first-order chi connectivity index (χ1) is 14.4. The second-order valence-electron chi connectivity index (χ2n) is 7.97. The maximum absolute atomic E-state index is 11.7. The number of ether oxygens (including phenoxy) is 1. The number of nitrogens with one attached hydrogen (secondary N) is 1. The third kappa shape index (κ3) is 6.84. The lowest BCUT2D eigenvalue weighted by atomic mass is 9.92. The van der Waals surface area contributed by atoms with Crippen LogP contribution in [0.2, 0.25) is 0 Å². The third-order valence-electron chi connectivity index (χ3n) is 4.99. The molecule has 0 spiro atoms. The van der Waals surface area contributed by atoms with Crippen LogP contribution in [-0.2, 0) is 9.59 Å². The lowest BCUT2D eigenvalue weighted by Gasteiger charge is -2.34. The van der Waals surface area contributed by atoms with Crippen molar-refractivity contribution >= 4 is 35.0 Å². The van der Waals surface area contributed by atoms with E-state index in [2.05, 4.69) is 34.3 Å². The fourth-order valence-electron chi connectivity index (χ4n) is 3.81. The normalized spacial score (nSPS) is 26.3. The predicted octanol–water partition coefficient (Wildman–Crippen LogP) is 2.44. The Labute approximate surface area is 180 Å². The number of carboxylic acid groups (broad SMARTS) is 1. The number of rotatable bonds is 8. The van der Waals surface area contributed by atoms with E-state index in [1.807, 2.05) is 24.3 Å². The smallest absolute Gasteiger partial charge is 0.305 e. The molecule has 2 aliphatic rings. The standard InChI is InChI=1S/C21H28N4O4S/c1-14-9-15(2)13-25(12-14)7-8-29-17-5-3-16(4-6-17)11-22-24-21-23-20(28)18(30-21)10-19(26)27/h3-6,11,14-15,18H,7-10,12-13H2,1-2H3,(H,26,27)(H,23,24,28). The van der Waals surface area contributed by atoms with Crippen LogP contribution in [-0.4, -0.2) is 64.8 Å². The highest BCUT2D eigenvalue weighted by Gasteiger charge is 2.32. The van der Waals surface area contributed by atoms with Crippen LogP contribution in [0.3, 0.4) is 0 Å². The fourth-order valence-corrected chi connectivity index (χ4v) is 4.73. The molecule has 2 fully saturated rings. The number of benzene rings is 1. The SMILES string of the molecule is CC1CC(C)CN(CCOc2ccc(C=NN=C3NC(=O)C(CC(=O)O)S3)cc2)C1. The molecule has 1 aromatic carbocycles. The van der Waals surface area contributed by atoms with Gasteiger partial charge in [0.15, 0.2) is 5.17 Å². The van der Waals surface area contributed by atoms with Gasteiger partial charge < -0.3 is 15.2 Å². The highest BCUT2D eigenvalue weighted by atomic mass is 32.2. The zero-order valence-corrected chi connectivity index (χ0v) is 18.1. The van der Waals surface area contributed by atoms with Crippen molar-refractivity contribution in [3.63, 3.8) is 0 Å². The molecule has 2 saturated heterocycles. The largest absolute Gasteiger partial charge is 0.492 e. The van der Waals surface area contributed by atoms with Crippen molar-refractivity contribution in [3.8, 4) is 5.75 Å². The quantitative estimate of drug-likeness (QED) is 0.483. The van der Waals surface area contributed by atoms with E-state index in [1.54, 1.807) is 6.21 Å². The van der Waals surface area contributed by atoms with Gasteiger partial charge in [-0.25, -0.2) is 0 Å². The second-order valence-corrected chi connectivity index (χ2v) is 9.16. The summed E-state index contributed by atoms with van der Waals surface area (Å²) in [5, 5.41) is 18.9. The number of amidine groups is 1. The summed E-state index contributed by atoms with van der Waals surface area (Å²) in [4.78, 5) is 24.9. The second kappa shape index (κ2) is 10.6. The Hall–Kier alpha value is -2.39. The number of likely N-dealkylation sites (tertiary alicyclic amines) is 1. The van der Waals surface area contributed by atoms with E-state index >= 15 is 0 Å². The monoisotopic (exact) mass is 432 g/mol. The molecule has 30 heavy (non-hydrogen) atoms. The molecule has 0 radical (unpaired) electrons. The summed E-state index contributed by atoms with van der Waals surface area (Å²) in [6, 6.07) is 7.56. The topological polar surface area (TPSA) is 104 Å². The Morgan fingerprint density at radius 1 is 1.30 bits per heavy atom. The van der Waals surface area contributed by atoms with Gasteiger partial charge in [0.2, 0.25) is 5.91 Å². The third-order valence-corrected chi connectivity index (χ3v) is 6.06. The number of amides is 1. The number of hydrogen-bond donors (Lipinski definition) is 2. The van der Waals surface area contributed by atoms with Crippen molar-refractivity contribution in [3.05, 3.63) is 29.8 Å². The van der Waals surface area contributed by atoms with Crippen molar-refractivity contribution < 1.29 is 19.4 Å². The van der Waals surface area contributed by atoms with E-state index in [4.69, 9.17) is 9.84 Å². The van der Waals surface area contributed by atoms with Gasteiger partial charge in [-0.1, -0.05) is 25.6 Å². The van der Waals surface area contributed by atoms with E-state index in [1.165, 1.54) is 6.42 Å². The number of hydrogen-bond acceptors (Lipinski definition) is 7. The summed E-state index contributed by atoms with van der Waals surface area (Å²) >= 11 is 1.08. The van der Waals surface area contributed by atoms with Gasteiger partial charge in [-0.3, -0.25) is 14.5 Å². The number of aliphatic carboxylic acids is 1. The van der Waals surface area contributed by atoms with Crippen molar-refractivity contribution in [1.82, 2.24) is 10.2 Å². The van der Waals surface area contributed by atoms with Crippen molar-refractivity contribution in [2.75, 3.05) is 26.2 Å². The average molecular weight is 433 g/mol. The number of nitrogens with zero attached hydrogens (tertiary/aromatic N) is 3.